The van der Waals surface area contributed by atoms with Crippen molar-refractivity contribution in [1.29, 1.82) is 0 Å². The molecule has 1 atom stereocenters. The molecule has 0 radical (unpaired) electrons. The summed E-state index contributed by atoms with van der Waals surface area (Å²) in [5.41, 5.74) is 8.09. The first kappa shape index (κ1) is 27.7. The molecule has 0 fully saturated rings. The quantitative estimate of drug-likeness (QED) is 0.215. The summed E-state index contributed by atoms with van der Waals surface area (Å²) in [7, 11) is 4.10. The van der Waals surface area contributed by atoms with Gasteiger partial charge in [0.15, 0.2) is 0 Å². The van der Waals surface area contributed by atoms with Gasteiger partial charge in [-0.05, 0) is 29.3 Å². The van der Waals surface area contributed by atoms with Gasteiger partial charge in [0.05, 0.1) is 16.6 Å². The van der Waals surface area contributed by atoms with Gasteiger partial charge in [-0.1, -0.05) is 123 Å². The zero-order valence-corrected chi connectivity index (χ0v) is 25.4. The molecular weight excluding hydrogens is 536 g/mol. The molecule has 7 rings (SSSR count). The number of aromatic nitrogens is 2. The Morgan fingerprint density at radius 3 is 2.40 bits per heavy atom. The minimum Gasteiger partial charge on any atom is -0.374 e. The van der Waals surface area contributed by atoms with Gasteiger partial charge in [-0.3, -0.25) is 0 Å². The van der Waals surface area contributed by atoms with Crippen LogP contribution < -0.4 is 10.2 Å². The highest BCUT2D eigenvalue weighted by Gasteiger charge is 2.25. The van der Waals surface area contributed by atoms with Crippen molar-refractivity contribution in [1.82, 2.24) is 9.55 Å². The van der Waals surface area contributed by atoms with Crippen LogP contribution in [0.2, 0.25) is 5.02 Å². The molecule has 0 aliphatic carbocycles. The van der Waals surface area contributed by atoms with E-state index in [2.05, 4.69) is 150 Å². The van der Waals surface area contributed by atoms with E-state index >= 15 is 0 Å². The number of aromatic amines is 1. The number of para-hydroxylation sites is 3. The molecule has 3 heterocycles. The topological polar surface area (TPSA) is 36.0 Å². The van der Waals surface area contributed by atoms with Crippen molar-refractivity contribution < 1.29 is 0 Å². The first-order chi connectivity index (χ1) is 20.6. The maximum Gasteiger partial charge on any atom is 0.111 e. The average Bonchev–Trinajstić information content (AvgIpc) is 3.54. The number of anilines is 2. The Kier molecular flexibility index (Phi) is 7.82. The number of allylic oxidation sites excluding steroid dienone is 1. The summed E-state index contributed by atoms with van der Waals surface area (Å²) in [6.45, 7) is 4.95. The normalized spacial score (nSPS) is 14.5. The number of fused-ring (bicyclic) bond motifs is 5. The van der Waals surface area contributed by atoms with Gasteiger partial charge in [-0.2, -0.15) is 0 Å². The highest BCUT2D eigenvalue weighted by atomic mass is 35.5. The molecule has 0 saturated carbocycles. The fourth-order valence-corrected chi connectivity index (χ4v) is 6.46. The van der Waals surface area contributed by atoms with E-state index in [1.54, 1.807) is 0 Å². The predicted molar refractivity (Wildman–Crippen MR) is 184 cm³/mol. The number of nitrogens with one attached hydrogen (secondary N) is 2. The smallest absolute Gasteiger partial charge is 0.111 e. The Bertz CT molecular complexity index is 1940. The molecular formula is C37H37ClN4. The van der Waals surface area contributed by atoms with E-state index in [9.17, 15) is 0 Å². The third kappa shape index (κ3) is 4.76. The summed E-state index contributed by atoms with van der Waals surface area (Å²) in [4.78, 5) is 5.79. The summed E-state index contributed by atoms with van der Waals surface area (Å²) < 4.78 is 2.35. The number of H-pyrrole nitrogens is 1. The second kappa shape index (κ2) is 11.8. The molecule has 2 aromatic heterocycles. The molecule has 1 aliphatic rings. The molecule has 0 saturated heterocycles. The number of benzene rings is 4. The lowest BCUT2D eigenvalue weighted by atomic mass is 9.97. The Labute approximate surface area is 252 Å². The number of nitrogens with zero attached hydrogens (tertiary/aromatic N) is 2. The van der Waals surface area contributed by atoms with Gasteiger partial charge in [0.1, 0.15) is 5.82 Å². The van der Waals surface area contributed by atoms with Crippen molar-refractivity contribution in [2.75, 3.05) is 24.3 Å². The third-order valence-electron chi connectivity index (χ3n) is 7.98. The van der Waals surface area contributed by atoms with E-state index in [0.29, 0.717) is 6.54 Å². The minimum atomic E-state index is 0.0585. The first-order valence-electron chi connectivity index (χ1n) is 14.7. The van der Waals surface area contributed by atoms with Gasteiger partial charge in [0.2, 0.25) is 0 Å². The van der Waals surface area contributed by atoms with E-state index in [1.165, 1.54) is 39.3 Å². The van der Waals surface area contributed by atoms with E-state index in [1.807, 2.05) is 7.05 Å². The monoisotopic (exact) mass is 572 g/mol. The fourth-order valence-electron chi connectivity index (χ4n) is 6.08. The third-order valence-corrected chi connectivity index (χ3v) is 8.38. The SMILES string of the molecule is CCC.CNc1[nH]c2ccccc2c1/C=C\Cn1c2ccccc2c2ccc(C3C=Cc4ccccc4N3C)c(Cl)c21. The van der Waals surface area contributed by atoms with Crippen LogP contribution in [-0.4, -0.2) is 23.6 Å². The molecule has 2 N–H and O–H groups in total. The van der Waals surface area contributed by atoms with E-state index < -0.39 is 0 Å². The van der Waals surface area contributed by atoms with E-state index in [-0.39, 0.29) is 6.04 Å². The van der Waals surface area contributed by atoms with Crippen LogP contribution in [0.1, 0.15) is 43.0 Å². The van der Waals surface area contributed by atoms with Crippen LogP contribution in [0.25, 0.3) is 44.9 Å². The molecule has 4 nitrogen and oxygen atoms in total. The summed E-state index contributed by atoms with van der Waals surface area (Å²) in [6.07, 6.45) is 10.1. The summed E-state index contributed by atoms with van der Waals surface area (Å²) in [5.74, 6) is 1.02. The Hall–Kier alpha value is -4.41. The summed E-state index contributed by atoms with van der Waals surface area (Å²) >= 11 is 7.33. The molecule has 0 bridgehead atoms. The average molecular weight is 573 g/mol. The van der Waals surface area contributed by atoms with Gasteiger partial charge in [0, 0.05) is 59.1 Å². The predicted octanol–water partition coefficient (Wildman–Crippen LogP) is 10.3. The standard InChI is InChI=1S/C34H29ClN4.C3H8/c1-36-34-26(23-11-4-6-14-28(23)37-34)13-9-21-39-31-16-8-5-12-24(31)25-18-19-27(32(35)33(25)39)30-20-17-22-10-3-7-15-29(22)38(30)2;1-3-2/h3-20,30,36-37H,21H2,1-2H3;3H2,1-2H3/b13-9-;. The number of likely N-dealkylation sites (N-methyl/N-ethyl adjacent to an activating group) is 1. The van der Waals surface area contributed by atoms with Gasteiger partial charge < -0.3 is 19.8 Å². The lowest BCUT2D eigenvalue weighted by molar-refractivity contribution is 0.804. The Morgan fingerprint density at radius 2 is 1.60 bits per heavy atom. The number of hydrogen-bond acceptors (Lipinski definition) is 2. The van der Waals surface area contributed by atoms with Crippen LogP contribution in [0.15, 0.2) is 97.1 Å². The zero-order valence-electron chi connectivity index (χ0n) is 24.7. The molecule has 212 valence electrons. The van der Waals surface area contributed by atoms with Crippen molar-refractivity contribution in [3.05, 3.63) is 119 Å². The molecule has 1 aliphatic heterocycles. The van der Waals surface area contributed by atoms with Crippen LogP contribution in [0.4, 0.5) is 11.5 Å². The summed E-state index contributed by atoms with van der Waals surface area (Å²) in [6, 6.07) is 30.0. The Balaban J connectivity index is 0.00000101. The van der Waals surface area contributed by atoms with E-state index in [4.69, 9.17) is 11.6 Å². The fraction of sp³-hybridized carbons (Fsp3) is 0.189. The Morgan fingerprint density at radius 1 is 0.881 bits per heavy atom. The van der Waals surface area contributed by atoms with Crippen LogP contribution in [0, 0.1) is 0 Å². The molecule has 5 heteroatoms. The highest BCUT2D eigenvalue weighted by Crippen LogP contribution is 2.42. The maximum atomic E-state index is 7.33. The van der Waals surface area contributed by atoms with Gasteiger partial charge in [-0.15, -0.1) is 0 Å². The van der Waals surface area contributed by atoms with Crippen LogP contribution in [0.5, 0.6) is 0 Å². The van der Waals surface area contributed by atoms with Crippen LogP contribution in [0.3, 0.4) is 0 Å². The maximum absolute atomic E-state index is 7.33. The van der Waals surface area contributed by atoms with Crippen LogP contribution in [-0.2, 0) is 6.54 Å². The first-order valence-corrected chi connectivity index (χ1v) is 15.1. The second-order valence-electron chi connectivity index (χ2n) is 10.8. The van der Waals surface area contributed by atoms with Gasteiger partial charge in [0.25, 0.3) is 0 Å². The molecule has 42 heavy (non-hydrogen) atoms. The number of hydrogen-bond donors (Lipinski definition) is 2. The molecule has 1 unspecified atom stereocenters. The van der Waals surface area contributed by atoms with Crippen molar-refractivity contribution in [3.8, 4) is 0 Å². The van der Waals surface area contributed by atoms with Gasteiger partial charge >= 0.3 is 0 Å². The van der Waals surface area contributed by atoms with Gasteiger partial charge in [-0.25, -0.2) is 0 Å². The second-order valence-corrected chi connectivity index (χ2v) is 11.2. The zero-order chi connectivity index (χ0) is 29.2. The lowest BCUT2D eigenvalue weighted by Crippen LogP contribution is -2.25. The van der Waals surface area contributed by atoms with Crippen LogP contribution >= 0.6 is 11.6 Å². The van der Waals surface area contributed by atoms with Crippen molar-refractivity contribution >= 4 is 68.0 Å². The van der Waals surface area contributed by atoms with E-state index in [0.717, 1.165) is 33.0 Å². The molecule has 0 amide bonds. The highest BCUT2D eigenvalue weighted by molar-refractivity contribution is 6.37. The van der Waals surface area contributed by atoms with Crippen molar-refractivity contribution in [3.63, 3.8) is 0 Å². The largest absolute Gasteiger partial charge is 0.374 e. The summed E-state index contributed by atoms with van der Waals surface area (Å²) in [5, 5.41) is 7.71. The molecule has 0 spiro atoms. The van der Waals surface area contributed by atoms with Crippen molar-refractivity contribution in [2.24, 2.45) is 0 Å². The number of rotatable bonds is 5. The lowest BCUT2D eigenvalue weighted by Gasteiger charge is -2.33. The number of halogens is 1. The molecule has 4 aromatic carbocycles. The van der Waals surface area contributed by atoms with Crippen molar-refractivity contribution in [2.45, 2.75) is 32.9 Å². The molecule has 6 aromatic rings. The minimum absolute atomic E-state index is 0.0585.